The summed E-state index contributed by atoms with van der Waals surface area (Å²) in [5.74, 6) is 0.274. The van der Waals surface area contributed by atoms with Gasteiger partial charge in [-0.1, -0.05) is 45.0 Å². The molecule has 8 nitrogen and oxygen atoms in total. The van der Waals surface area contributed by atoms with Crippen molar-refractivity contribution in [3.8, 4) is 5.75 Å². The average molecular weight is 576 g/mol. The number of benzene rings is 2. The van der Waals surface area contributed by atoms with E-state index < -0.39 is 18.0 Å². The van der Waals surface area contributed by atoms with Gasteiger partial charge < -0.3 is 14.8 Å². The molecule has 2 aromatic carbocycles. The van der Waals surface area contributed by atoms with E-state index in [1.807, 2.05) is 24.3 Å². The van der Waals surface area contributed by atoms with E-state index >= 15 is 0 Å². The lowest BCUT2D eigenvalue weighted by Crippen LogP contribution is -2.33. The zero-order chi connectivity index (χ0) is 29.5. The van der Waals surface area contributed by atoms with Crippen LogP contribution in [0.4, 0.5) is 5.00 Å². The van der Waals surface area contributed by atoms with Crippen molar-refractivity contribution in [2.75, 3.05) is 11.9 Å². The molecule has 41 heavy (non-hydrogen) atoms. The third-order valence-electron chi connectivity index (χ3n) is 7.01. The molecule has 2 N–H and O–H groups in total. The Morgan fingerprint density at radius 3 is 2.44 bits per heavy atom. The molecule has 0 spiro atoms. The van der Waals surface area contributed by atoms with Crippen LogP contribution in [0.2, 0.25) is 0 Å². The van der Waals surface area contributed by atoms with Crippen LogP contribution in [0.5, 0.6) is 5.75 Å². The predicted octanol–water partition coefficient (Wildman–Crippen LogP) is 6.34. The fourth-order valence-electron chi connectivity index (χ4n) is 4.60. The fraction of sp³-hybridized carbons (Fsp3) is 0.375. The Morgan fingerprint density at radius 1 is 1.07 bits per heavy atom. The number of nitrogens with one attached hydrogen (secondary N) is 2. The quantitative estimate of drug-likeness (QED) is 0.167. The summed E-state index contributed by atoms with van der Waals surface area (Å²) < 4.78 is 11.0. The van der Waals surface area contributed by atoms with E-state index in [1.165, 1.54) is 16.9 Å². The Labute approximate surface area is 245 Å². The number of hydrogen-bond acceptors (Lipinski definition) is 7. The van der Waals surface area contributed by atoms with Crippen molar-refractivity contribution >= 4 is 40.3 Å². The van der Waals surface area contributed by atoms with E-state index in [-0.39, 0.29) is 12.5 Å². The SMILES string of the molecule is CCOC(=O)c1c(NC(=O)c2ccc(O[C@@H](C)C(=O)N/N=C\c3ccc(C(C)C)cc3)cc2)sc2c1CC[C@@H](C)C2. The summed E-state index contributed by atoms with van der Waals surface area (Å²) in [6.07, 6.45) is 3.46. The van der Waals surface area contributed by atoms with Gasteiger partial charge in [0.05, 0.1) is 18.4 Å². The summed E-state index contributed by atoms with van der Waals surface area (Å²) in [6.45, 7) is 10.1. The molecule has 0 saturated heterocycles. The van der Waals surface area contributed by atoms with Crippen LogP contribution in [0, 0.1) is 5.92 Å². The summed E-state index contributed by atoms with van der Waals surface area (Å²) in [4.78, 5) is 39.4. The molecule has 1 heterocycles. The Balaban J connectivity index is 1.35. The number of esters is 1. The van der Waals surface area contributed by atoms with Gasteiger partial charge in [0.25, 0.3) is 11.8 Å². The van der Waals surface area contributed by atoms with Crippen molar-refractivity contribution in [3.63, 3.8) is 0 Å². The number of thiophene rings is 1. The summed E-state index contributed by atoms with van der Waals surface area (Å²) in [5, 5.41) is 7.47. The van der Waals surface area contributed by atoms with E-state index in [0.29, 0.717) is 33.7 Å². The molecule has 0 fully saturated rings. The lowest BCUT2D eigenvalue weighted by Gasteiger charge is -2.18. The smallest absolute Gasteiger partial charge is 0.341 e. The number of carbonyl (C=O) groups excluding carboxylic acids is 3. The first kappa shape index (κ1) is 30.0. The zero-order valence-corrected chi connectivity index (χ0v) is 25.0. The number of anilines is 1. The molecule has 0 radical (unpaired) electrons. The lowest BCUT2D eigenvalue weighted by molar-refractivity contribution is -0.127. The van der Waals surface area contributed by atoms with Crippen molar-refractivity contribution in [1.82, 2.24) is 5.43 Å². The summed E-state index contributed by atoms with van der Waals surface area (Å²) in [6, 6.07) is 14.5. The first-order chi connectivity index (χ1) is 19.7. The van der Waals surface area contributed by atoms with E-state index in [9.17, 15) is 14.4 Å². The minimum atomic E-state index is -0.804. The second kappa shape index (κ2) is 13.6. The van der Waals surface area contributed by atoms with Gasteiger partial charge in [0.1, 0.15) is 10.8 Å². The molecular weight excluding hydrogens is 538 g/mol. The largest absolute Gasteiger partial charge is 0.481 e. The number of nitrogens with zero attached hydrogens (tertiary/aromatic N) is 1. The molecule has 1 aromatic heterocycles. The number of carbonyl (C=O) groups is 3. The molecule has 0 aliphatic heterocycles. The van der Waals surface area contributed by atoms with Crippen molar-refractivity contribution in [1.29, 1.82) is 0 Å². The third-order valence-corrected chi connectivity index (χ3v) is 8.18. The van der Waals surface area contributed by atoms with Crippen molar-refractivity contribution in [3.05, 3.63) is 81.2 Å². The van der Waals surface area contributed by atoms with Gasteiger partial charge in [-0.25, -0.2) is 10.2 Å². The first-order valence-corrected chi connectivity index (χ1v) is 14.8. The number of hydrogen-bond donors (Lipinski definition) is 2. The van der Waals surface area contributed by atoms with E-state index in [0.717, 1.165) is 35.3 Å². The summed E-state index contributed by atoms with van der Waals surface area (Å²) in [7, 11) is 0. The summed E-state index contributed by atoms with van der Waals surface area (Å²) >= 11 is 1.45. The van der Waals surface area contributed by atoms with Crippen LogP contribution in [-0.2, 0) is 22.4 Å². The minimum Gasteiger partial charge on any atom is -0.481 e. The van der Waals surface area contributed by atoms with Crippen molar-refractivity contribution in [2.45, 2.75) is 65.9 Å². The van der Waals surface area contributed by atoms with E-state index in [4.69, 9.17) is 9.47 Å². The van der Waals surface area contributed by atoms with Crippen molar-refractivity contribution < 1.29 is 23.9 Å². The van der Waals surface area contributed by atoms with Gasteiger partial charge in [-0.15, -0.1) is 11.3 Å². The summed E-state index contributed by atoms with van der Waals surface area (Å²) in [5.41, 5.74) is 6.48. The molecule has 2 amide bonds. The third kappa shape index (κ3) is 7.61. The molecule has 3 aromatic rings. The number of ether oxygens (including phenoxy) is 2. The van der Waals surface area contributed by atoms with Crippen molar-refractivity contribution in [2.24, 2.45) is 11.0 Å². The lowest BCUT2D eigenvalue weighted by atomic mass is 9.88. The second-order valence-corrected chi connectivity index (χ2v) is 11.7. The number of hydrazone groups is 1. The molecule has 0 bridgehead atoms. The molecule has 1 aliphatic rings. The first-order valence-electron chi connectivity index (χ1n) is 14.0. The van der Waals surface area contributed by atoms with Crippen LogP contribution in [-0.4, -0.2) is 36.7 Å². The maximum absolute atomic E-state index is 13.1. The van der Waals surface area contributed by atoms with E-state index in [1.54, 1.807) is 44.3 Å². The Morgan fingerprint density at radius 2 is 1.78 bits per heavy atom. The highest BCUT2D eigenvalue weighted by Gasteiger charge is 2.29. The normalized spacial score (nSPS) is 15.3. The van der Waals surface area contributed by atoms with Crippen LogP contribution in [0.15, 0.2) is 53.6 Å². The molecule has 4 rings (SSSR count). The van der Waals surface area contributed by atoms with Gasteiger partial charge in [-0.2, -0.15) is 5.10 Å². The molecule has 0 saturated carbocycles. The van der Waals surface area contributed by atoms with Crippen LogP contribution in [0.25, 0.3) is 0 Å². The highest BCUT2D eigenvalue weighted by atomic mass is 32.1. The fourth-order valence-corrected chi connectivity index (χ4v) is 6.00. The maximum Gasteiger partial charge on any atom is 0.341 e. The van der Waals surface area contributed by atoms with Gasteiger partial charge in [0, 0.05) is 10.4 Å². The predicted molar refractivity (Wildman–Crippen MR) is 162 cm³/mol. The van der Waals surface area contributed by atoms with Gasteiger partial charge in [0.15, 0.2) is 6.10 Å². The topological polar surface area (TPSA) is 106 Å². The zero-order valence-electron chi connectivity index (χ0n) is 24.2. The van der Waals surface area contributed by atoms with E-state index in [2.05, 4.69) is 36.6 Å². The van der Waals surface area contributed by atoms with Crippen LogP contribution in [0.1, 0.15) is 89.2 Å². The van der Waals surface area contributed by atoms with Gasteiger partial charge in [-0.05, 0) is 85.9 Å². The second-order valence-electron chi connectivity index (χ2n) is 10.6. The monoisotopic (exact) mass is 575 g/mol. The highest BCUT2D eigenvalue weighted by molar-refractivity contribution is 7.17. The minimum absolute atomic E-state index is 0.268. The average Bonchev–Trinajstić information content (AvgIpc) is 3.30. The Hall–Kier alpha value is -3.98. The molecule has 1 aliphatic carbocycles. The van der Waals surface area contributed by atoms with Crippen LogP contribution in [0.3, 0.4) is 0 Å². The number of amides is 2. The van der Waals surface area contributed by atoms with Gasteiger partial charge >= 0.3 is 5.97 Å². The molecular formula is C32H37N3O5S. The number of fused-ring (bicyclic) bond motifs is 1. The van der Waals surface area contributed by atoms with Gasteiger partial charge in [-0.3, -0.25) is 9.59 Å². The van der Waals surface area contributed by atoms with Crippen LogP contribution >= 0.6 is 11.3 Å². The standard InChI is InChI=1S/C32H37N3O5S/c1-6-39-32(38)28-26-16-7-20(4)17-27(26)41-31(28)34-30(37)24-12-14-25(15-13-24)40-21(5)29(36)35-33-18-22-8-10-23(11-9-22)19(2)3/h8-15,18-21H,6-7,16-17H2,1-5H3,(H,34,37)(H,35,36)/b33-18-/t20-,21+/m1/s1. The van der Waals surface area contributed by atoms with Crippen LogP contribution < -0.4 is 15.5 Å². The Bertz CT molecular complexity index is 1410. The molecule has 9 heteroatoms. The molecule has 0 unspecified atom stereocenters. The molecule has 216 valence electrons. The Kier molecular flexibility index (Phi) is 9.94. The van der Waals surface area contributed by atoms with Gasteiger partial charge in [0.2, 0.25) is 0 Å². The highest BCUT2D eigenvalue weighted by Crippen LogP contribution is 2.40. The maximum atomic E-state index is 13.1. The number of rotatable bonds is 10. The molecule has 2 atom stereocenters.